The summed E-state index contributed by atoms with van der Waals surface area (Å²) in [5.41, 5.74) is 0.255. The second-order valence-electron chi connectivity index (χ2n) is 7.72. The van der Waals surface area contributed by atoms with Crippen LogP contribution in [-0.2, 0) is 4.74 Å². The van der Waals surface area contributed by atoms with Crippen LogP contribution in [0.4, 0.5) is 4.79 Å². The van der Waals surface area contributed by atoms with Gasteiger partial charge in [-0.2, -0.15) is 0 Å². The smallest absolute Gasteiger partial charge is 0.319 e. The average molecular weight is 309 g/mol. The van der Waals surface area contributed by atoms with E-state index >= 15 is 0 Å². The topological polar surface area (TPSA) is 36.0 Å². The molecule has 3 fully saturated rings. The molecule has 2 saturated heterocycles. The third kappa shape index (κ3) is 3.25. The van der Waals surface area contributed by atoms with E-state index in [1.54, 1.807) is 4.90 Å². The lowest BCUT2D eigenvalue weighted by Gasteiger charge is -2.31. The summed E-state index contributed by atoms with van der Waals surface area (Å²) in [5, 5.41) is 0. The minimum Gasteiger partial charge on any atom is -0.381 e. The first kappa shape index (κ1) is 16.1. The van der Waals surface area contributed by atoms with Gasteiger partial charge in [-0.05, 0) is 31.7 Å². The maximum Gasteiger partial charge on any atom is 0.319 e. The molecule has 1 aliphatic carbocycles. The Labute approximate surface area is 134 Å². The van der Waals surface area contributed by atoms with Gasteiger partial charge in [0.2, 0.25) is 0 Å². The summed E-state index contributed by atoms with van der Waals surface area (Å²) in [6, 6.07) is 0.157. The van der Waals surface area contributed by atoms with Crippen LogP contribution in [0.25, 0.3) is 0 Å². The lowest BCUT2D eigenvalue weighted by molar-refractivity contribution is 0.0564. The zero-order chi connectivity index (χ0) is 15.7. The van der Waals surface area contributed by atoms with E-state index in [1.807, 2.05) is 19.0 Å². The fourth-order valence-electron chi connectivity index (χ4n) is 4.08. The van der Waals surface area contributed by atoms with Crippen molar-refractivity contribution in [3.05, 3.63) is 0 Å². The predicted octanol–water partition coefficient (Wildman–Crippen LogP) is 1.74. The van der Waals surface area contributed by atoms with Gasteiger partial charge in [-0.3, -0.25) is 0 Å². The Morgan fingerprint density at radius 1 is 1.27 bits per heavy atom. The van der Waals surface area contributed by atoms with E-state index in [-0.39, 0.29) is 11.4 Å². The van der Waals surface area contributed by atoms with Gasteiger partial charge in [0.05, 0.1) is 6.61 Å². The second kappa shape index (κ2) is 6.36. The van der Waals surface area contributed by atoms with Crippen LogP contribution < -0.4 is 0 Å². The van der Waals surface area contributed by atoms with Crippen molar-refractivity contribution in [2.75, 3.05) is 60.0 Å². The van der Waals surface area contributed by atoms with Gasteiger partial charge in [0.25, 0.3) is 0 Å². The number of carbonyl (C=O) groups excluding carboxylic acids is 1. The van der Waals surface area contributed by atoms with Gasteiger partial charge in [0.15, 0.2) is 0 Å². The van der Waals surface area contributed by atoms with E-state index in [4.69, 9.17) is 4.74 Å². The number of hydrogen-bond acceptors (Lipinski definition) is 3. The first-order chi connectivity index (χ1) is 10.5. The lowest BCUT2D eigenvalue weighted by atomic mass is 9.77. The number of likely N-dealkylation sites (tertiary alicyclic amines) is 2. The van der Waals surface area contributed by atoms with Crippen molar-refractivity contribution in [1.82, 2.24) is 14.7 Å². The predicted molar refractivity (Wildman–Crippen MR) is 86.9 cm³/mol. The molecule has 5 heteroatoms. The summed E-state index contributed by atoms with van der Waals surface area (Å²) >= 11 is 0. The minimum atomic E-state index is 0.157. The number of rotatable bonds is 5. The quantitative estimate of drug-likeness (QED) is 0.776. The standard InChI is InChI=1S/C17H31N3O2/c1-4-19-9-15(11-22-10-14-5-6-14)17(12-19)7-8-20(13-17)16(21)18(2)3/h14-15H,4-13H2,1-3H3/t15-,17-/m0/s1. The molecular formula is C17H31N3O2. The van der Waals surface area contributed by atoms with E-state index in [2.05, 4.69) is 11.8 Å². The van der Waals surface area contributed by atoms with Crippen LogP contribution in [0.5, 0.6) is 0 Å². The van der Waals surface area contributed by atoms with Crippen molar-refractivity contribution >= 4 is 6.03 Å². The van der Waals surface area contributed by atoms with Crippen molar-refractivity contribution < 1.29 is 9.53 Å². The molecule has 1 spiro atoms. The summed E-state index contributed by atoms with van der Waals surface area (Å²) in [7, 11) is 3.69. The molecule has 0 aromatic rings. The Bertz CT molecular complexity index is 411. The van der Waals surface area contributed by atoms with E-state index < -0.39 is 0 Å². The fraction of sp³-hybridized carbons (Fsp3) is 0.941. The number of nitrogens with zero attached hydrogens (tertiary/aromatic N) is 3. The molecule has 0 unspecified atom stereocenters. The molecule has 2 aliphatic heterocycles. The van der Waals surface area contributed by atoms with Crippen LogP contribution in [0.15, 0.2) is 0 Å². The monoisotopic (exact) mass is 309 g/mol. The first-order valence-corrected chi connectivity index (χ1v) is 8.80. The molecule has 0 aromatic heterocycles. The largest absolute Gasteiger partial charge is 0.381 e. The molecular weight excluding hydrogens is 278 g/mol. The molecule has 1 saturated carbocycles. The molecule has 0 bridgehead atoms. The van der Waals surface area contributed by atoms with Crippen LogP contribution >= 0.6 is 0 Å². The molecule has 2 heterocycles. The summed E-state index contributed by atoms with van der Waals surface area (Å²) in [4.78, 5) is 18.5. The Morgan fingerprint density at radius 2 is 2.05 bits per heavy atom. The van der Waals surface area contributed by atoms with Crippen molar-refractivity contribution in [1.29, 1.82) is 0 Å². The summed E-state index contributed by atoms with van der Waals surface area (Å²) in [5.74, 6) is 1.40. The van der Waals surface area contributed by atoms with Crippen molar-refractivity contribution in [2.24, 2.45) is 17.3 Å². The van der Waals surface area contributed by atoms with Crippen LogP contribution in [0.3, 0.4) is 0 Å². The number of hydrogen-bond donors (Lipinski definition) is 0. The van der Waals surface area contributed by atoms with Crippen molar-refractivity contribution in [3.63, 3.8) is 0 Å². The third-order valence-electron chi connectivity index (χ3n) is 5.74. The number of carbonyl (C=O) groups is 1. The molecule has 126 valence electrons. The maximum absolute atomic E-state index is 12.3. The zero-order valence-electron chi connectivity index (χ0n) is 14.4. The van der Waals surface area contributed by atoms with Crippen molar-refractivity contribution in [2.45, 2.75) is 26.2 Å². The lowest BCUT2D eigenvalue weighted by Crippen LogP contribution is -2.41. The highest BCUT2D eigenvalue weighted by atomic mass is 16.5. The van der Waals surface area contributed by atoms with Gasteiger partial charge < -0.3 is 19.4 Å². The molecule has 3 aliphatic rings. The maximum atomic E-state index is 12.3. The van der Waals surface area contributed by atoms with Crippen molar-refractivity contribution in [3.8, 4) is 0 Å². The number of ether oxygens (including phenoxy) is 1. The van der Waals surface area contributed by atoms with E-state index in [9.17, 15) is 4.79 Å². The van der Waals surface area contributed by atoms with Gasteiger partial charge in [-0.15, -0.1) is 0 Å². The van der Waals surface area contributed by atoms with Crippen LogP contribution in [0.2, 0.25) is 0 Å². The Balaban J connectivity index is 1.61. The van der Waals surface area contributed by atoms with Gasteiger partial charge >= 0.3 is 6.03 Å². The second-order valence-corrected chi connectivity index (χ2v) is 7.72. The molecule has 3 rings (SSSR count). The summed E-state index contributed by atoms with van der Waals surface area (Å²) < 4.78 is 6.02. The van der Waals surface area contributed by atoms with E-state index in [1.165, 1.54) is 12.8 Å². The van der Waals surface area contributed by atoms with Gasteiger partial charge in [-0.25, -0.2) is 4.79 Å². The normalized spacial score (nSPS) is 32.1. The van der Waals surface area contributed by atoms with Gasteiger partial charge in [0.1, 0.15) is 0 Å². The Hall–Kier alpha value is -0.810. The van der Waals surface area contributed by atoms with Crippen LogP contribution in [0.1, 0.15) is 26.2 Å². The number of urea groups is 1. The molecule has 5 nitrogen and oxygen atoms in total. The Morgan fingerprint density at radius 3 is 2.68 bits per heavy atom. The summed E-state index contributed by atoms with van der Waals surface area (Å²) in [6.07, 6.45) is 3.82. The molecule has 0 N–H and O–H groups in total. The molecule has 2 amide bonds. The fourth-order valence-corrected chi connectivity index (χ4v) is 4.08. The number of amides is 2. The molecule has 22 heavy (non-hydrogen) atoms. The highest BCUT2D eigenvalue weighted by Crippen LogP contribution is 2.44. The molecule has 0 radical (unpaired) electrons. The van der Waals surface area contributed by atoms with Crippen LogP contribution in [-0.4, -0.2) is 80.8 Å². The summed E-state index contributed by atoms with van der Waals surface area (Å²) in [6.45, 7) is 9.20. The van der Waals surface area contributed by atoms with Crippen LogP contribution in [0, 0.1) is 17.3 Å². The zero-order valence-corrected chi connectivity index (χ0v) is 14.4. The minimum absolute atomic E-state index is 0.157. The first-order valence-electron chi connectivity index (χ1n) is 8.80. The molecule has 2 atom stereocenters. The van der Waals surface area contributed by atoms with E-state index in [0.29, 0.717) is 5.92 Å². The molecule has 0 aromatic carbocycles. The van der Waals surface area contributed by atoms with Gasteiger partial charge in [0, 0.05) is 58.2 Å². The Kier molecular flexibility index (Phi) is 4.64. The average Bonchev–Trinajstić information content (AvgIpc) is 3.13. The SMILES string of the molecule is CCN1C[C@@H](COCC2CC2)[C@@]2(CCN(C(=O)N(C)C)C2)C1. The van der Waals surface area contributed by atoms with Gasteiger partial charge in [-0.1, -0.05) is 6.92 Å². The highest BCUT2D eigenvalue weighted by molar-refractivity contribution is 5.74. The third-order valence-corrected chi connectivity index (χ3v) is 5.74. The highest BCUT2D eigenvalue weighted by Gasteiger charge is 2.51. The van der Waals surface area contributed by atoms with E-state index in [0.717, 1.165) is 58.3 Å².